The number of rotatable bonds is 4. The highest BCUT2D eigenvalue weighted by Crippen LogP contribution is 2.23. The first kappa shape index (κ1) is 12.3. The number of H-pyrrole nitrogens is 1. The molecule has 7 nitrogen and oxygen atoms in total. The quantitative estimate of drug-likeness (QED) is 0.670. The van der Waals surface area contributed by atoms with Gasteiger partial charge < -0.3 is 15.6 Å². The molecule has 7 heteroatoms. The molecule has 0 aliphatic rings. The number of hydrogen-bond acceptors (Lipinski definition) is 6. The van der Waals surface area contributed by atoms with Gasteiger partial charge in [0, 0.05) is 19.4 Å². The molecule has 0 amide bonds. The van der Waals surface area contributed by atoms with Crippen molar-refractivity contribution < 1.29 is 0 Å². The molecule has 1 unspecified atom stereocenters. The summed E-state index contributed by atoms with van der Waals surface area (Å²) in [5.41, 5.74) is 2.51. The fourth-order valence-electron chi connectivity index (χ4n) is 1.97. The average molecular weight is 269 g/mol. The number of nitrogens with one attached hydrogen (secondary N) is 3. The summed E-state index contributed by atoms with van der Waals surface area (Å²) < 4.78 is 0. The predicted octanol–water partition coefficient (Wildman–Crippen LogP) is 1.96. The summed E-state index contributed by atoms with van der Waals surface area (Å²) in [7, 11) is 1.78. The Morgan fingerprint density at radius 2 is 2.20 bits per heavy atom. The molecule has 0 spiro atoms. The molecule has 0 radical (unpaired) electrons. The molecule has 1 atom stereocenters. The van der Waals surface area contributed by atoms with Crippen LogP contribution >= 0.6 is 0 Å². The van der Waals surface area contributed by atoms with Crippen molar-refractivity contribution in [2.45, 2.75) is 13.0 Å². The Kier molecular flexibility index (Phi) is 3.16. The molecule has 3 heterocycles. The number of pyridine rings is 1. The highest BCUT2D eigenvalue weighted by Gasteiger charge is 2.12. The molecule has 0 saturated carbocycles. The van der Waals surface area contributed by atoms with Crippen LogP contribution in [-0.4, -0.2) is 32.0 Å². The van der Waals surface area contributed by atoms with Gasteiger partial charge in [-0.1, -0.05) is 6.07 Å². The lowest BCUT2D eigenvalue weighted by atomic mass is 10.1. The van der Waals surface area contributed by atoms with Gasteiger partial charge in [0.2, 0.25) is 5.95 Å². The van der Waals surface area contributed by atoms with Crippen LogP contribution in [0.15, 0.2) is 30.9 Å². The van der Waals surface area contributed by atoms with Gasteiger partial charge in [0.05, 0.1) is 12.4 Å². The van der Waals surface area contributed by atoms with Gasteiger partial charge in [0.15, 0.2) is 11.5 Å². The summed E-state index contributed by atoms with van der Waals surface area (Å²) >= 11 is 0. The molecule has 102 valence electrons. The number of anilines is 2. The van der Waals surface area contributed by atoms with E-state index >= 15 is 0 Å². The van der Waals surface area contributed by atoms with E-state index in [1.807, 2.05) is 18.3 Å². The third-order valence-corrected chi connectivity index (χ3v) is 3.05. The molecule has 0 fully saturated rings. The summed E-state index contributed by atoms with van der Waals surface area (Å²) in [6.45, 7) is 2.06. The van der Waals surface area contributed by atoms with Gasteiger partial charge >= 0.3 is 0 Å². The Morgan fingerprint density at radius 3 is 2.95 bits per heavy atom. The second-order valence-corrected chi connectivity index (χ2v) is 4.40. The second-order valence-electron chi connectivity index (χ2n) is 4.40. The lowest BCUT2D eigenvalue weighted by molar-refractivity contribution is 0.867. The largest absolute Gasteiger partial charge is 0.362 e. The maximum Gasteiger partial charge on any atom is 0.226 e. The highest BCUT2D eigenvalue weighted by atomic mass is 15.2. The Labute approximate surface area is 115 Å². The van der Waals surface area contributed by atoms with E-state index in [-0.39, 0.29) is 6.04 Å². The molecule has 0 saturated heterocycles. The van der Waals surface area contributed by atoms with Gasteiger partial charge in [0.25, 0.3) is 0 Å². The molecule has 3 aromatic heterocycles. The van der Waals surface area contributed by atoms with E-state index in [0.29, 0.717) is 17.4 Å². The van der Waals surface area contributed by atoms with E-state index in [1.165, 1.54) is 0 Å². The summed E-state index contributed by atoms with van der Waals surface area (Å²) in [4.78, 5) is 20.1. The number of nitrogens with zero attached hydrogens (tertiary/aromatic N) is 4. The zero-order valence-corrected chi connectivity index (χ0v) is 11.3. The molecular formula is C13H15N7. The van der Waals surface area contributed by atoms with E-state index in [0.717, 1.165) is 11.1 Å². The number of fused-ring (bicyclic) bond motifs is 1. The van der Waals surface area contributed by atoms with Crippen molar-refractivity contribution in [1.29, 1.82) is 0 Å². The van der Waals surface area contributed by atoms with Crippen LogP contribution in [0.25, 0.3) is 11.2 Å². The van der Waals surface area contributed by atoms with Crippen LogP contribution in [0, 0.1) is 0 Å². The van der Waals surface area contributed by atoms with Crippen LogP contribution in [0.4, 0.5) is 11.8 Å². The first-order valence-electron chi connectivity index (χ1n) is 6.33. The van der Waals surface area contributed by atoms with Gasteiger partial charge in [-0.3, -0.25) is 4.98 Å². The van der Waals surface area contributed by atoms with E-state index in [2.05, 4.69) is 42.5 Å². The minimum Gasteiger partial charge on any atom is -0.362 e. The van der Waals surface area contributed by atoms with Gasteiger partial charge in [-0.15, -0.1) is 0 Å². The zero-order chi connectivity index (χ0) is 13.9. The van der Waals surface area contributed by atoms with Gasteiger partial charge in [-0.05, 0) is 18.6 Å². The van der Waals surface area contributed by atoms with Crippen molar-refractivity contribution in [3.63, 3.8) is 0 Å². The van der Waals surface area contributed by atoms with Crippen molar-refractivity contribution in [3.8, 4) is 0 Å². The van der Waals surface area contributed by atoms with Crippen molar-refractivity contribution >= 4 is 22.9 Å². The van der Waals surface area contributed by atoms with Crippen LogP contribution in [-0.2, 0) is 0 Å². The molecular weight excluding hydrogens is 254 g/mol. The van der Waals surface area contributed by atoms with Crippen LogP contribution in [0.1, 0.15) is 18.5 Å². The van der Waals surface area contributed by atoms with Crippen LogP contribution in [0.2, 0.25) is 0 Å². The third kappa shape index (κ3) is 2.25. The van der Waals surface area contributed by atoms with E-state index in [9.17, 15) is 0 Å². The maximum atomic E-state index is 4.43. The fourth-order valence-corrected chi connectivity index (χ4v) is 1.97. The maximum absolute atomic E-state index is 4.43. The molecule has 0 bridgehead atoms. The van der Waals surface area contributed by atoms with Crippen molar-refractivity contribution in [1.82, 2.24) is 24.9 Å². The summed E-state index contributed by atoms with van der Waals surface area (Å²) in [6.07, 6.45) is 5.20. The second kappa shape index (κ2) is 5.12. The Morgan fingerprint density at radius 1 is 1.30 bits per heavy atom. The minimum absolute atomic E-state index is 0.0785. The molecule has 0 aliphatic carbocycles. The lowest BCUT2D eigenvalue weighted by Gasteiger charge is -2.15. The summed E-state index contributed by atoms with van der Waals surface area (Å²) in [6, 6.07) is 4.02. The Hall–Kier alpha value is -2.70. The molecule has 3 aromatic rings. The van der Waals surface area contributed by atoms with Crippen LogP contribution in [0.3, 0.4) is 0 Å². The molecule has 0 aliphatic heterocycles. The number of imidazole rings is 1. The van der Waals surface area contributed by atoms with E-state index in [4.69, 9.17) is 0 Å². The Bertz CT molecular complexity index is 707. The topological polar surface area (TPSA) is 91.4 Å². The number of aromatic amines is 1. The molecule has 3 N–H and O–H groups in total. The standard InChI is InChI=1S/C13H15N7/c1-8(9-4-3-5-15-6-9)18-12-10-11(17-7-16-10)19-13(14-2)20-12/h3-8H,1-2H3,(H3,14,16,17,18,19,20). The molecule has 20 heavy (non-hydrogen) atoms. The molecule has 3 rings (SSSR count). The zero-order valence-electron chi connectivity index (χ0n) is 11.3. The van der Waals surface area contributed by atoms with Crippen LogP contribution in [0.5, 0.6) is 0 Å². The van der Waals surface area contributed by atoms with E-state index < -0.39 is 0 Å². The normalized spacial score (nSPS) is 12.3. The first-order valence-corrected chi connectivity index (χ1v) is 6.33. The van der Waals surface area contributed by atoms with Gasteiger partial charge in [-0.2, -0.15) is 9.97 Å². The SMILES string of the molecule is CNc1nc(NC(C)c2cccnc2)c2[nH]cnc2n1. The fraction of sp³-hybridized carbons (Fsp3) is 0.231. The summed E-state index contributed by atoms with van der Waals surface area (Å²) in [5, 5.41) is 6.29. The van der Waals surface area contributed by atoms with Crippen molar-refractivity contribution in [2.75, 3.05) is 17.7 Å². The minimum atomic E-state index is 0.0785. The van der Waals surface area contributed by atoms with Crippen molar-refractivity contribution in [2.24, 2.45) is 0 Å². The summed E-state index contributed by atoms with van der Waals surface area (Å²) in [5.74, 6) is 1.25. The van der Waals surface area contributed by atoms with Crippen LogP contribution < -0.4 is 10.6 Å². The lowest BCUT2D eigenvalue weighted by Crippen LogP contribution is -2.10. The average Bonchev–Trinajstić information content (AvgIpc) is 2.96. The Balaban J connectivity index is 1.95. The van der Waals surface area contributed by atoms with E-state index in [1.54, 1.807) is 19.6 Å². The number of aromatic nitrogens is 5. The van der Waals surface area contributed by atoms with Gasteiger partial charge in [0.1, 0.15) is 5.52 Å². The molecule has 0 aromatic carbocycles. The third-order valence-electron chi connectivity index (χ3n) is 3.05. The smallest absolute Gasteiger partial charge is 0.226 e. The predicted molar refractivity (Wildman–Crippen MR) is 77.5 cm³/mol. The van der Waals surface area contributed by atoms with Gasteiger partial charge in [-0.25, -0.2) is 4.98 Å². The van der Waals surface area contributed by atoms with Crippen molar-refractivity contribution in [3.05, 3.63) is 36.4 Å². The first-order chi connectivity index (χ1) is 9.78. The monoisotopic (exact) mass is 269 g/mol. The number of hydrogen-bond donors (Lipinski definition) is 3. The highest BCUT2D eigenvalue weighted by molar-refractivity contribution is 5.83.